The quantitative estimate of drug-likeness (QED) is 0.917. The molecule has 1 N–H and O–H groups in total. The highest BCUT2D eigenvalue weighted by Gasteiger charge is 2.17. The Morgan fingerprint density at radius 1 is 1.40 bits per heavy atom. The van der Waals surface area contributed by atoms with Crippen LogP contribution in [0.15, 0.2) is 24.3 Å². The average molecular weight is 296 g/mol. The average Bonchev–Trinajstić information content (AvgIpc) is 2.81. The molecule has 0 fully saturated rings. The topological polar surface area (TPSA) is 29.9 Å². The van der Waals surface area contributed by atoms with Crippen molar-refractivity contribution in [2.24, 2.45) is 7.05 Å². The lowest BCUT2D eigenvalue weighted by Crippen LogP contribution is -2.22. The van der Waals surface area contributed by atoms with Gasteiger partial charge in [-0.1, -0.05) is 18.5 Å². The smallest absolute Gasteiger partial charge is 0.126 e. The van der Waals surface area contributed by atoms with E-state index in [4.69, 9.17) is 11.6 Å². The van der Waals surface area contributed by atoms with Crippen molar-refractivity contribution in [2.75, 3.05) is 7.05 Å². The van der Waals surface area contributed by atoms with E-state index in [-0.39, 0.29) is 11.9 Å². The summed E-state index contributed by atoms with van der Waals surface area (Å²) in [5, 5.41) is 8.21. The first-order valence-electron chi connectivity index (χ1n) is 6.69. The molecule has 0 spiro atoms. The Hall–Kier alpha value is -1.39. The number of rotatable bonds is 5. The monoisotopic (exact) mass is 295 g/mol. The number of aryl methyl sites for hydroxylation is 2. The normalized spacial score (nSPS) is 12.7. The van der Waals surface area contributed by atoms with Crippen LogP contribution in [0.3, 0.4) is 0 Å². The Morgan fingerprint density at radius 2 is 2.15 bits per heavy atom. The third-order valence-corrected chi connectivity index (χ3v) is 3.70. The summed E-state index contributed by atoms with van der Waals surface area (Å²) in [6.07, 6.45) is 1.42. The maximum atomic E-state index is 13.8. The van der Waals surface area contributed by atoms with Crippen molar-refractivity contribution in [3.8, 4) is 0 Å². The number of hydrogen-bond donors (Lipinski definition) is 1. The summed E-state index contributed by atoms with van der Waals surface area (Å²) in [7, 11) is 3.78. The van der Waals surface area contributed by atoms with Gasteiger partial charge in [-0.05, 0) is 49.7 Å². The summed E-state index contributed by atoms with van der Waals surface area (Å²) in [5.74, 6) is -0.229. The van der Waals surface area contributed by atoms with E-state index in [2.05, 4.69) is 23.4 Å². The minimum absolute atomic E-state index is 0.000710. The zero-order chi connectivity index (χ0) is 14.7. The molecule has 3 nitrogen and oxygen atoms in total. The summed E-state index contributed by atoms with van der Waals surface area (Å²) < 4.78 is 15.7. The molecule has 0 aliphatic carbocycles. The van der Waals surface area contributed by atoms with E-state index in [0.717, 1.165) is 17.8 Å². The third kappa shape index (κ3) is 3.19. The van der Waals surface area contributed by atoms with Gasteiger partial charge >= 0.3 is 0 Å². The van der Waals surface area contributed by atoms with Crippen LogP contribution in [0.2, 0.25) is 5.02 Å². The van der Waals surface area contributed by atoms with Crippen molar-refractivity contribution in [3.63, 3.8) is 0 Å². The van der Waals surface area contributed by atoms with Crippen molar-refractivity contribution in [3.05, 3.63) is 52.1 Å². The molecule has 0 saturated carbocycles. The van der Waals surface area contributed by atoms with E-state index >= 15 is 0 Å². The van der Waals surface area contributed by atoms with Crippen LogP contribution in [0, 0.1) is 5.82 Å². The number of likely N-dealkylation sites (N-methyl/N-ethyl adjacent to an activating group) is 1. The molecule has 0 radical (unpaired) electrons. The summed E-state index contributed by atoms with van der Waals surface area (Å²) in [6.45, 7) is 2.07. The summed E-state index contributed by atoms with van der Waals surface area (Å²) in [6, 6.07) is 6.71. The fourth-order valence-electron chi connectivity index (χ4n) is 2.32. The van der Waals surface area contributed by atoms with Crippen LogP contribution in [0.4, 0.5) is 4.39 Å². The molecule has 0 aliphatic rings. The molecular weight excluding hydrogens is 277 g/mol. The highest BCUT2D eigenvalue weighted by Crippen LogP contribution is 2.23. The van der Waals surface area contributed by atoms with Crippen molar-refractivity contribution in [1.29, 1.82) is 0 Å². The van der Waals surface area contributed by atoms with Crippen LogP contribution in [0.1, 0.15) is 29.9 Å². The summed E-state index contributed by atoms with van der Waals surface area (Å²) in [5.41, 5.74) is 2.69. The van der Waals surface area contributed by atoms with Crippen LogP contribution in [-0.4, -0.2) is 16.8 Å². The van der Waals surface area contributed by atoms with Gasteiger partial charge in [0.25, 0.3) is 0 Å². The number of nitrogens with one attached hydrogen (secondary N) is 1. The van der Waals surface area contributed by atoms with Gasteiger partial charge in [0.15, 0.2) is 0 Å². The highest BCUT2D eigenvalue weighted by molar-refractivity contribution is 6.30. The maximum Gasteiger partial charge on any atom is 0.126 e. The number of nitrogens with zero attached hydrogens (tertiary/aromatic N) is 2. The molecule has 1 unspecified atom stereocenters. The van der Waals surface area contributed by atoms with E-state index in [1.807, 2.05) is 18.8 Å². The van der Waals surface area contributed by atoms with Crippen molar-refractivity contribution in [2.45, 2.75) is 25.8 Å². The van der Waals surface area contributed by atoms with Crippen LogP contribution in [0.5, 0.6) is 0 Å². The van der Waals surface area contributed by atoms with E-state index in [0.29, 0.717) is 17.0 Å². The molecule has 1 heterocycles. The first-order valence-corrected chi connectivity index (χ1v) is 7.07. The van der Waals surface area contributed by atoms with Crippen LogP contribution in [0.25, 0.3) is 0 Å². The minimum Gasteiger partial charge on any atom is -0.311 e. The predicted octanol–water partition coefficient (Wildman–Crippen LogP) is 3.28. The molecule has 108 valence electrons. The molecular formula is C15H19ClFN3. The highest BCUT2D eigenvalue weighted by atomic mass is 35.5. The van der Waals surface area contributed by atoms with Gasteiger partial charge in [0, 0.05) is 12.1 Å². The fourth-order valence-corrected chi connectivity index (χ4v) is 2.51. The first kappa shape index (κ1) is 15.0. The third-order valence-electron chi connectivity index (χ3n) is 3.47. The number of hydrogen-bond acceptors (Lipinski definition) is 2. The number of benzene rings is 1. The Bertz CT molecular complexity index is 595. The lowest BCUT2D eigenvalue weighted by atomic mass is 10.0. The molecule has 1 aromatic heterocycles. The van der Waals surface area contributed by atoms with Crippen LogP contribution < -0.4 is 5.32 Å². The predicted molar refractivity (Wildman–Crippen MR) is 79.5 cm³/mol. The van der Waals surface area contributed by atoms with Gasteiger partial charge in [-0.15, -0.1) is 0 Å². The van der Waals surface area contributed by atoms with Gasteiger partial charge in [0.2, 0.25) is 0 Å². The molecule has 0 amide bonds. The first-order chi connectivity index (χ1) is 9.55. The Balaban J connectivity index is 2.28. The van der Waals surface area contributed by atoms with Crippen molar-refractivity contribution >= 4 is 11.6 Å². The van der Waals surface area contributed by atoms with Gasteiger partial charge in [-0.3, -0.25) is 4.68 Å². The maximum absolute atomic E-state index is 13.8. The summed E-state index contributed by atoms with van der Waals surface area (Å²) >= 11 is 5.94. The number of halogens is 2. The number of aromatic nitrogens is 2. The van der Waals surface area contributed by atoms with Crippen molar-refractivity contribution < 1.29 is 4.39 Å². The molecule has 5 heteroatoms. The molecule has 2 rings (SSSR count). The van der Waals surface area contributed by atoms with Gasteiger partial charge < -0.3 is 5.32 Å². The Labute approximate surface area is 123 Å². The molecule has 0 aliphatic heterocycles. The standard InChI is InChI=1S/C15H19ClFN3/c1-4-12-9-15(20(3)19-12)14(18-2)8-10-7-11(16)5-6-13(10)17/h5-7,9,14,18H,4,8H2,1-3H3. The van der Waals surface area contributed by atoms with E-state index in [9.17, 15) is 4.39 Å². The second-order valence-electron chi connectivity index (χ2n) is 4.82. The molecule has 0 bridgehead atoms. The van der Waals surface area contributed by atoms with Gasteiger partial charge in [-0.2, -0.15) is 5.10 Å². The SMILES string of the molecule is CCc1cc(C(Cc2cc(Cl)ccc2F)NC)n(C)n1. The molecule has 0 saturated heterocycles. The molecule has 20 heavy (non-hydrogen) atoms. The Kier molecular flexibility index (Phi) is 4.78. The van der Waals surface area contributed by atoms with E-state index < -0.39 is 0 Å². The van der Waals surface area contributed by atoms with Crippen molar-refractivity contribution in [1.82, 2.24) is 15.1 Å². The summed E-state index contributed by atoms with van der Waals surface area (Å²) in [4.78, 5) is 0. The lowest BCUT2D eigenvalue weighted by molar-refractivity contribution is 0.519. The molecule has 2 aromatic rings. The zero-order valence-electron chi connectivity index (χ0n) is 12.0. The zero-order valence-corrected chi connectivity index (χ0v) is 12.7. The van der Waals surface area contributed by atoms with Gasteiger partial charge in [-0.25, -0.2) is 4.39 Å². The van der Waals surface area contributed by atoms with Crippen LogP contribution >= 0.6 is 11.6 Å². The minimum atomic E-state index is -0.229. The Morgan fingerprint density at radius 3 is 2.75 bits per heavy atom. The largest absolute Gasteiger partial charge is 0.311 e. The molecule has 1 atom stereocenters. The van der Waals surface area contributed by atoms with E-state index in [1.165, 1.54) is 6.07 Å². The van der Waals surface area contributed by atoms with Gasteiger partial charge in [0.1, 0.15) is 5.82 Å². The van der Waals surface area contributed by atoms with Gasteiger partial charge in [0.05, 0.1) is 17.4 Å². The fraction of sp³-hybridized carbons (Fsp3) is 0.400. The van der Waals surface area contributed by atoms with E-state index in [1.54, 1.807) is 12.1 Å². The second-order valence-corrected chi connectivity index (χ2v) is 5.26. The lowest BCUT2D eigenvalue weighted by Gasteiger charge is -2.17. The van der Waals surface area contributed by atoms with Crippen LogP contribution in [-0.2, 0) is 19.9 Å². The molecule has 1 aromatic carbocycles. The second kappa shape index (κ2) is 6.37.